The quantitative estimate of drug-likeness (QED) is 0.349. The zero-order chi connectivity index (χ0) is 23.0. The number of thiazole rings is 1. The number of rotatable bonds is 7. The fraction of sp³-hybridized carbons (Fsp3) is 0.238. The molecule has 0 amide bonds. The molecule has 0 unspecified atom stereocenters. The van der Waals surface area contributed by atoms with Crippen molar-refractivity contribution in [3.8, 4) is 0 Å². The van der Waals surface area contributed by atoms with Crippen LogP contribution in [0.25, 0.3) is 16.3 Å². The number of nitrogens with zero attached hydrogens (tertiary/aromatic N) is 2. The van der Waals surface area contributed by atoms with Gasteiger partial charge in [-0.05, 0) is 37.3 Å². The Balaban J connectivity index is 1.75. The summed E-state index contributed by atoms with van der Waals surface area (Å²) in [6.45, 7) is 3.06. The molecule has 11 heteroatoms. The number of hydrogen-bond donors (Lipinski definition) is 2. The molecule has 1 aliphatic heterocycles. The van der Waals surface area contributed by atoms with Crippen molar-refractivity contribution in [2.75, 3.05) is 17.2 Å². The summed E-state index contributed by atoms with van der Waals surface area (Å²) in [5.41, 5.74) is 1.98. The van der Waals surface area contributed by atoms with Crippen LogP contribution in [0.5, 0.6) is 0 Å². The second-order valence-electron chi connectivity index (χ2n) is 7.16. The molecule has 0 spiro atoms. The van der Waals surface area contributed by atoms with Gasteiger partial charge in [0.25, 0.3) is 15.1 Å². The van der Waals surface area contributed by atoms with Crippen LogP contribution in [0.2, 0.25) is 5.02 Å². The molecular formula is C21H20ClN2O5S3+. The zero-order valence-electron chi connectivity index (χ0n) is 17.0. The lowest BCUT2D eigenvalue weighted by molar-refractivity contribution is -0.668. The Morgan fingerprint density at radius 1 is 1.25 bits per heavy atom. The SMILES string of the molecule is CCN1C(=Cc2sc3ccc(Cl)cc3[n+]2CCCS(=O)(=O)O)Sc2ccc(C(=O)O)cc21. The van der Waals surface area contributed by atoms with Crippen molar-refractivity contribution in [3.63, 3.8) is 0 Å². The number of fused-ring (bicyclic) bond motifs is 2. The fourth-order valence-electron chi connectivity index (χ4n) is 3.59. The van der Waals surface area contributed by atoms with E-state index < -0.39 is 16.1 Å². The van der Waals surface area contributed by atoms with Crippen molar-refractivity contribution in [2.24, 2.45) is 0 Å². The summed E-state index contributed by atoms with van der Waals surface area (Å²) >= 11 is 9.32. The van der Waals surface area contributed by atoms with Crippen molar-refractivity contribution >= 4 is 72.8 Å². The third-order valence-electron chi connectivity index (χ3n) is 5.02. The highest BCUT2D eigenvalue weighted by Gasteiger charge is 2.28. The van der Waals surface area contributed by atoms with E-state index in [4.69, 9.17) is 16.2 Å². The van der Waals surface area contributed by atoms with E-state index in [1.54, 1.807) is 35.2 Å². The van der Waals surface area contributed by atoms with Gasteiger partial charge in [-0.3, -0.25) is 4.55 Å². The van der Waals surface area contributed by atoms with Gasteiger partial charge in [-0.1, -0.05) is 34.7 Å². The minimum atomic E-state index is -4.05. The largest absolute Gasteiger partial charge is 0.478 e. The lowest BCUT2D eigenvalue weighted by Gasteiger charge is -2.17. The second-order valence-corrected chi connectivity index (χ2v) is 11.3. The van der Waals surface area contributed by atoms with Gasteiger partial charge in [0.05, 0.1) is 28.1 Å². The minimum Gasteiger partial charge on any atom is -0.478 e. The molecule has 1 aromatic heterocycles. The monoisotopic (exact) mass is 511 g/mol. The molecule has 3 aromatic rings. The molecule has 0 saturated carbocycles. The van der Waals surface area contributed by atoms with Crippen molar-refractivity contribution in [3.05, 3.63) is 57.0 Å². The molecule has 4 rings (SSSR count). The molecule has 32 heavy (non-hydrogen) atoms. The number of halogens is 1. The van der Waals surface area contributed by atoms with Crippen LogP contribution in [0.15, 0.2) is 46.3 Å². The number of thioether (sulfide) groups is 1. The maximum absolute atomic E-state index is 11.4. The van der Waals surface area contributed by atoms with Crippen LogP contribution in [0.1, 0.15) is 28.7 Å². The summed E-state index contributed by atoms with van der Waals surface area (Å²) in [6, 6.07) is 10.7. The maximum atomic E-state index is 11.4. The van der Waals surface area contributed by atoms with Crippen LogP contribution in [0, 0.1) is 0 Å². The Morgan fingerprint density at radius 2 is 2.03 bits per heavy atom. The van der Waals surface area contributed by atoms with Gasteiger partial charge in [-0.15, -0.1) is 0 Å². The van der Waals surface area contributed by atoms with E-state index >= 15 is 0 Å². The predicted octanol–water partition coefficient (Wildman–Crippen LogP) is 4.75. The predicted molar refractivity (Wildman–Crippen MR) is 128 cm³/mol. The highest BCUT2D eigenvalue weighted by molar-refractivity contribution is 8.03. The van der Waals surface area contributed by atoms with Crippen LogP contribution >= 0.6 is 34.7 Å². The number of aromatic carboxylic acids is 1. The number of carboxylic acid groups (broad SMARTS) is 1. The number of aromatic nitrogens is 1. The summed E-state index contributed by atoms with van der Waals surface area (Å²) in [6.07, 6.45) is 2.28. The third-order valence-corrected chi connectivity index (χ3v) is 8.28. The van der Waals surface area contributed by atoms with Crippen LogP contribution < -0.4 is 9.47 Å². The molecule has 7 nitrogen and oxygen atoms in total. The van der Waals surface area contributed by atoms with Gasteiger partial charge in [0.2, 0.25) is 5.52 Å². The Labute approximate surface area is 198 Å². The van der Waals surface area contributed by atoms with Gasteiger partial charge in [0, 0.05) is 29.0 Å². The van der Waals surface area contributed by atoms with Crippen molar-refractivity contribution in [1.82, 2.24) is 0 Å². The van der Waals surface area contributed by atoms with Gasteiger partial charge in [0.15, 0.2) is 6.54 Å². The van der Waals surface area contributed by atoms with Crippen molar-refractivity contribution < 1.29 is 27.4 Å². The zero-order valence-corrected chi connectivity index (χ0v) is 20.2. The van der Waals surface area contributed by atoms with E-state index in [0.29, 0.717) is 18.1 Å². The lowest BCUT2D eigenvalue weighted by atomic mass is 10.2. The molecule has 0 bridgehead atoms. The summed E-state index contributed by atoms with van der Waals surface area (Å²) in [4.78, 5) is 14.4. The molecule has 1 aliphatic rings. The van der Waals surface area contributed by atoms with Crippen LogP contribution in [-0.4, -0.2) is 36.3 Å². The first-order valence-electron chi connectivity index (χ1n) is 9.78. The standard InChI is InChI=1S/C21H19ClN2O5S3/c1-2-23-15-10-13(21(25)26)4-6-17(15)30-19(23)12-20-24(8-3-9-32(27,28)29)16-11-14(22)5-7-18(16)31-20/h4-7,10-12H,2-3,8-9H2,1H3,(H-,25,26,27,28,29)/p+1. The first-order valence-corrected chi connectivity index (χ1v) is 13.4. The molecule has 2 heterocycles. The van der Waals surface area contributed by atoms with Gasteiger partial charge >= 0.3 is 5.97 Å². The normalized spacial score (nSPS) is 15.0. The highest BCUT2D eigenvalue weighted by atomic mass is 35.5. The van der Waals surface area contributed by atoms with E-state index in [0.717, 1.165) is 30.8 Å². The summed E-state index contributed by atoms with van der Waals surface area (Å²) in [7, 11) is -4.05. The van der Waals surface area contributed by atoms with Gasteiger partial charge in [-0.25, -0.2) is 4.79 Å². The molecule has 0 saturated heterocycles. The third kappa shape index (κ3) is 4.79. The molecule has 0 atom stereocenters. The lowest BCUT2D eigenvalue weighted by Crippen LogP contribution is -2.36. The van der Waals surface area contributed by atoms with E-state index in [1.165, 1.54) is 0 Å². The molecule has 168 valence electrons. The summed E-state index contributed by atoms with van der Waals surface area (Å²) < 4.78 is 34.5. The van der Waals surface area contributed by atoms with Crippen LogP contribution in [-0.2, 0) is 16.7 Å². The highest BCUT2D eigenvalue weighted by Crippen LogP contribution is 2.47. The first-order chi connectivity index (χ1) is 15.2. The Bertz CT molecular complexity index is 1350. The van der Waals surface area contributed by atoms with Crippen molar-refractivity contribution in [2.45, 2.75) is 24.8 Å². The second kappa shape index (κ2) is 9.03. The smallest absolute Gasteiger partial charge is 0.335 e. The van der Waals surface area contributed by atoms with Gasteiger partial charge in [0.1, 0.15) is 4.70 Å². The minimum absolute atomic E-state index is 0.237. The molecule has 0 fully saturated rings. The van der Waals surface area contributed by atoms with E-state index in [2.05, 4.69) is 4.90 Å². The number of aryl methyl sites for hydroxylation is 1. The number of carboxylic acids is 1. The number of benzene rings is 2. The molecule has 0 aliphatic carbocycles. The average molecular weight is 512 g/mol. The number of carbonyl (C=O) groups is 1. The van der Waals surface area contributed by atoms with E-state index in [-0.39, 0.29) is 17.7 Å². The summed E-state index contributed by atoms with van der Waals surface area (Å²) in [5, 5.41) is 11.8. The van der Waals surface area contributed by atoms with Gasteiger partial charge in [-0.2, -0.15) is 13.0 Å². The Kier molecular flexibility index (Phi) is 6.51. The molecule has 0 radical (unpaired) electrons. The van der Waals surface area contributed by atoms with Crippen LogP contribution in [0.3, 0.4) is 0 Å². The van der Waals surface area contributed by atoms with Crippen molar-refractivity contribution in [1.29, 1.82) is 0 Å². The average Bonchev–Trinajstić information content (AvgIpc) is 3.23. The first kappa shape index (κ1) is 23.1. The van der Waals surface area contributed by atoms with E-state index in [1.807, 2.05) is 41.8 Å². The molecule has 2 N–H and O–H groups in total. The fourth-order valence-corrected chi connectivity index (χ4v) is 6.57. The number of anilines is 1. The van der Waals surface area contributed by atoms with Crippen LogP contribution in [0.4, 0.5) is 5.69 Å². The molecule has 2 aromatic carbocycles. The maximum Gasteiger partial charge on any atom is 0.335 e. The van der Waals surface area contributed by atoms with E-state index in [9.17, 15) is 18.3 Å². The Morgan fingerprint density at radius 3 is 2.72 bits per heavy atom. The van der Waals surface area contributed by atoms with Gasteiger partial charge < -0.3 is 10.0 Å². The Hall–Kier alpha value is -2.11. The topological polar surface area (TPSA) is 98.8 Å². The number of hydrogen-bond acceptors (Lipinski definition) is 6. The summed E-state index contributed by atoms with van der Waals surface area (Å²) in [5.74, 6) is -1.29. The molecular weight excluding hydrogens is 492 g/mol.